The number of rotatable bonds is 1. The van der Waals surface area contributed by atoms with Crippen molar-refractivity contribution in [2.75, 3.05) is 10.2 Å². The molecule has 0 amide bonds. The number of nitrogens with one attached hydrogen (secondary N) is 1. The Kier molecular flexibility index (Phi) is 5.76. The van der Waals surface area contributed by atoms with Gasteiger partial charge in [-0.2, -0.15) is 0 Å². The van der Waals surface area contributed by atoms with Crippen LogP contribution >= 0.6 is 0 Å². The topological polar surface area (TPSA) is 33.7 Å². The normalized spacial score (nSPS) is 17.4. The summed E-state index contributed by atoms with van der Waals surface area (Å²) in [5.41, 5.74) is 13.1. The molecule has 0 spiro atoms. The van der Waals surface area contributed by atoms with Gasteiger partial charge >= 0.3 is 0 Å². The second-order valence-electron chi connectivity index (χ2n) is 16.2. The SMILES string of the molecule is CC(C)(C)c1cc2c3c(c1)Oc1c(ccc4c1C(C)(C)CCC4(C)C)B3c1ccc(N3c4ccccc4Nc4ccccc43)cc1O2. The quantitative estimate of drug-likeness (QED) is 0.186. The van der Waals surface area contributed by atoms with Crippen molar-refractivity contribution in [3.05, 3.63) is 108 Å². The Bertz CT molecular complexity index is 2090. The smallest absolute Gasteiger partial charge is 0.260 e. The minimum absolute atomic E-state index is 0.0130. The molecule has 1 N–H and O–H groups in total. The zero-order valence-corrected chi connectivity index (χ0v) is 28.4. The Balaban J connectivity index is 1.27. The Labute approximate surface area is 278 Å². The molecule has 3 aliphatic heterocycles. The summed E-state index contributed by atoms with van der Waals surface area (Å²) in [6.07, 6.45) is 2.30. The van der Waals surface area contributed by atoms with Gasteiger partial charge in [0, 0.05) is 22.8 Å². The van der Waals surface area contributed by atoms with E-state index in [0.717, 1.165) is 63.3 Å². The maximum Gasteiger partial charge on any atom is 0.260 e. The highest BCUT2D eigenvalue weighted by molar-refractivity contribution is 6.98. The number of fused-ring (bicyclic) bond motifs is 8. The van der Waals surface area contributed by atoms with Gasteiger partial charge in [0.1, 0.15) is 23.0 Å². The van der Waals surface area contributed by atoms with Crippen LogP contribution in [0.15, 0.2) is 91.0 Å². The van der Waals surface area contributed by atoms with Crippen molar-refractivity contribution in [2.24, 2.45) is 0 Å². The van der Waals surface area contributed by atoms with Crippen molar-refractivity contribution in [2.45, 2.75) is 77.6 Å². The van der Waals surface area contributed by atoms with Gasteiger partial charge in [0.25, 0.3) is 6.71 Å². The Morgan fingerprint density at radius 1 is 0.681 bits per heavy atom. The van der Waals surface area contributed by atoms with Crippen molar-refractivity contribution < 1.29 is 9.47 Å². The molecule has 0 saturated carbocycles. The van der Waals surface area contributed by atoms with Crippen molar-refractivity contribution in [3.8, 4) is 23.0 Å². The summed E-state index contributed by atoms with van der Waals surface area (Å²) in [5, 5.41) is 3.63. The second-order valence-corrected chi connectivity index (χ2v) is 16.2. The largest absolute Gasteiger partial charge is 0.458 e. The van der Waals surface area contributed by atoms with Crippen LogP contribution in [0.4, 0.5) is 28.4 Å². The monoisotopic (exact) mass is 616 g/mol. The molecular weight excluding hydrogens is 575 g/mol. The predicted molar refractivity (Wildman–Crippen MR) is 196 cm³/mol. The van der Waals surface area contributed by atoms with Crippen molar-refractivity contribution in [1.82, 2.24) is 0 Å². The van der Waals surface area contributed by atoms with E-state index >= 15 is 0 Å². The van der Waals surface area contributed by atoms with Gasteiger partial charge in [0.2, 0.25) is 0 Å². The number of hydrogen-bond donors (Lipinski definition) is 1. The summed E-state index contributed by atoms with van der Waals surface area (Å²) >= 11 is 0. The lowest BCUT2D eigenvalue weighted by Crippen LogP contribution is -2.58. The van der Waals surface area contributed by atoms with Crippen molar-refractivity contribution in [3.63, 3.8) is 0 Å². The fraction of sp³-hybridized carbons (Fsp3) is 0.286. The van der Waals surface area contributed by atoms with E-state index in [1.165, 1.54) is 34.0 Å². The van der Waals surface area contributed by atoms with E-state index in [1.807, 2.05) is 0 Å². The average molecular weight is 617 g/mol. The minimum atomic E-state index is -0.0677. The van der Waals surface area contributed by atoms with Crippen LogP contribution in [0.5, 0.6) is 23.0 Å². The molecule has 3 heterocycles. The average Bonchev–Trinajstić information content (AvgIpc) is 3.04. The third-order valence-electron chi connectivity index (χ3n) is 11.1. The molecule has 1 aliphatic carbocycles. The molecule has 0 unspecified atom stereocenters. The van der Waals surface area contributed by atoms with Crippen LogP contribution in [-0.2, 0) is 16.2 Å². The minimum Gasteiger partial charge on any atom is -0.458 e. The maximum atomic E-state index is 7.10. The van der Waals surface area contributed by atoms with E-state index in [-0.39, 0.29) is 23.0 Å². The second kappa shape index (κ2) is 9.47. The lowest BCUT2D eigenvalue weighted by Gasteiger charge is -2.45. The lowest BCUT2D eigenvalue weighted by atomic mass is 9.34. The lowest BCUT2D eigenvalue weighted by molar-refractivity contribution is 0.320. The zero-order chi connectivity index (χ0) is 32.5. The third kappa shape index (κ3) is 4.14. The van der Waals surface area contributed by atoms with E-state index in [4.69, 9.17) is 9.47 Å². The van der Waals surface area contributed by atoms with Gasteiger partial charge < -0.3 is 19.7 Å². The first-order valence-electron chi connectivity index (χ1n) is 17.0. The van der Waals surface area contributed by atoms with Crippen LogP contribution in [-0.4, -0.2) is 6.71 Å². The number of hydrogen-bond acceptors (Lipinski definition) is 4. The molecule has 47 heavy (non-hydrogen) atoms. The van der Waals surface area contributed by atoms with Crippen LogP contribution in [0.1, 0.15) is 78.0 Å². The van der Waals surface area contributed by atoms with E-state index in [2.05, 4.69) is 150 Å². The summed E-state index contributed by atoms with van der Waals surface area (Å²) < 4.78 is 14.1. The number of anilines is 5. The van der Waals surface area contributed by atoms with Gasteiger partial charge in [-0.05, 0) is 93.6 Å². The summed E-state index contributed by atoms with van der Waals surface area (Å²) in [6.45, 7) is 16.4. The van der Waals surface area contributed by atoms with Gasteiger partial charge in [0.15, 0.2) is 0 Å². The Morgan fingerprint density at radius 3 is 1.98 bits per heavy atom. The van der Waals surface area contributed by atoms with Gasteiger partial charge in [-0.1, -0.05) is 90.9 Å². The molecule has 9 rings (SSSR count). The van der Waals surface area contributed by atoms with Crippen LogP contribution < -0.4 is 36.1 Å². The molecule has 4 nitrogen and oxygen atoms in total. The van der Waals surface area contributed by atoms with E-state index in [0.29, 0.717) is 0 Å². The fourth-order valence-corrected chi connectivity index (χ4v) is 8.34. The number of benzene rings is 5. The highest BCUT2D eigenvalue weighted by Gasteiger charge is 2.46. The van der Waals surface area contributed by atoms with Crippen LogP contribution in [0.3, 0.4) is 0 Å². The Morgan fingerprint density at radius 2 is 1.30 bits per heavy atom. The van der Waals surface area contributed by atoms with Gasteiger partial charge in [0.05, 0.1) is 22.7 Å². The maximum absolute atomic E-state index is 7.10. The molecule has 0 aromatic heterocycles. The third-order valence-corrected chi connectivity index (χ3v) is 11.1. The molecule has 5 heteroatoms. The number of nitrogens with zero attached hydrogens (tertiary/aromatic N) is 1. The van der Waals surface area contributed by atoms with E-state index in [1.54, 1.807) is 0 Å². The number of ether oxygens (including phenoxy) is 2. The molecule has 0 radical (unpaired) electrons. The zero-order valence-electron chi connectivity index (χ0n) is 28.4. The van der Waals surface area contributed by atoms with Crippen molar-refractivity contribution in [1.29, 1.82) is 0 Å². The van der Waals surface area contributed by atoms with Gasteiger partial charge in [-0.3, -0.25) is 0 Å². The van der Waals surface area contributed by atoms with Crippen LogP contribution in [0.25, 0.3) is 0 Å². The van der Waals surface area contributed by atoms with E-state index in [9.17, 15) is 0 Å². The first kappa shape index (κ1) is 28.6. The summed E-state index contributed by atoms with van der Waals surface area (Å²) in [7, 11) is 0. The van der Waals surface area contributed by atoms with E-state index < -0.39 is 0 Å². The van der Waals surface area contributed by atoms with Crippen LogP contribution in [0.2, 0.25) is 0 Å². The molecule has 234 valence electrons. The molecule has 0 atom stereocenters. The molecular formula is C42H41BN2O2. The number of para-hydroxylation sites is 4. The molecule has 0 bridgehead atoms. The highest BCUT2D eigenvalue weighted by Crippen LogP contribution is 2.52. The molecule has 5 aromatic rings. The van der Waals surface area contributed by atoms with Gasteiger partial charge in [-0.15, -0.1) is 0 Å². The van der Waals surface area contributed by atoms with Crippen molar-refractivity contribution >= 4 is 51.5 Å². The first-order valence-corrected chi connectivity index (χ1v) is 17.0. The molecule has 4 aliphatic rings. The molecule has 0 fully saturated rings. The standard InChI is InChI=1S/C42H41BN2O2/c1-40(2,3)25-22-35-38-36(23-25)47-39-29(19-17-27-37(39)42(6,7)21-20-41(27,4)5)43(38)28-18-16-26(24-34(28)46-35)45-32-14-10-8-12-30(32)44-31-13-9-11-15-33(31)45/h8-19,22-24,44H,20-21H2,1-7H3. The Hall–Kier alpha value is -4.64. The van der Waals surface area contributed by atoms with Gasteiger partial charge in [-0.25, -0.2) is 0 Å². The predicted octanol–water partition coefficient (Wildman–Crippen LogP) is 9.59. The summed E-state index contributed by atoms with van der Waals surface area (Å²) in [4.78, 5) is 2.34. The summed E-state index contributed by atoms with van der Waals surface area (Å²) in [5.74, 6) is 3.77. The van der Waals surface area contributed by atoms with Crippen LogP contribution in [0, 0.1) is 0 Å². The molecule has 5 aromatic carbocycles. The summed E-state index contributed by atoms with van der Waals surface area (Å²) in [6, 6.07) is 33.0. The highest BCUT2D eigenvalue weighted by atomic mass is 16.5. The molecule has 0 saturated heterocycles. The first-order chi connectivity index (χ1) is 22.4. The fourth-order valence-electron chi connectivity index (χ4n) is 8.34.